The zero-order valence-electron chi connectivity index (χ0n) is 10.3. The molecule has 2 N–H and O–H groups in total. The topological polar surface area (TPSA) is 52.6 Å². The van der Waals surface area contributed by atoms with Crippen LogP contribution in [0.25, 0.3) is 0 Å². The molecule has 0 fully saturated rings. The van der Waals surface area contributed by atoms with Crippen LogP contribution < -0.4 is 5.32 Å². The first-order valence-corrected chi connectivity index (χ1v) is 5.93. The van der Waals surface area contributed by atoms with Gasteiger partial charge in [0.15, 0.2) is 0 Å². The Kier molecular flexibility index (Phi) is 5.37. The van der Waals surface area contributed by atoms with E-state index in [1.165, 1.54) is 17.0 Å². The molecule has 0 saturated heterocycles. The van der Waals surface area contributed by atoms with E-state index in [4.69, 9.17) is 16.7 Å². The zero-order chi connectivity index (χ0) is 13.7. The van der Waals surface area contributed by atoms with E-state index in [-0.39, 0.29) is 11.1 Å². The fourth-order valence-electron chi connectivity index (χ4n) is 1.28. The first-order chi connectivity index (χ1) is 8.40. The van der Waals surface area contributed by atoms with Gasteiger partial charge in [0.05, 0.1) is 16.8 Å². The van der Waals surface area contributed by atoms with E-state index < -0.39 is 11.9 Å². The Labute approximate surface area is 110 Å². The number of amides is 2. The van der Waals surface area contributed by atoms with Crippen LogP contribution in [0.1, 0.15) is 13.3 Å². The van der Waals surface area contributed by atoms with Crippen LogP contribution in [0.15, 0.2) is 18.2 Å². The smallest absolute Gasteiger partial charge is 0.321 e. The van der Waals surface area contributed by atoms with Gasteiger partial charge in [0.25, 0.3) is 0 Å². The molecule has 0 aliphatic rings. The number of anilines is 1. The Balaban J connectivity index is 2.58. The highest BCUT2D eigenvalue weighted by Crippen LogP contribution is 2.22. The van der Waals surface area contributed by atoms with Crippen LogP contribution in [0.5, 0.6) is 0 Å². The van der Waals surface area contributed by atoms with Gasteiger partial charge < -0.3 is 15.3 Å². The molecule has 0 aromatic heterocycles. The van der Waals surface area contributed by atoms with Crippen LogP contribution in [0.3, 0.4) is 0 Å². The van der Waals surface area contributed by atoms with E-state index in [9.17, 15) is 9.18 Å². The summed E-state index contributed by atoms with van der Waals surface area (Å²) in [4.78, 5) is 13.2. The molecule has 4 nitrogen and oxygen atoms in total. The number of carbonyl (C=O) groups is 1. The van der Waals surface area contributed by atoms with Crippen molar-refractivity contribution in [3.63, 3.8) is 0 Å². The van der Waals surface area contributed by atoms with Gasteiger partial charge in [0.1, 0.15) is 5.82 Å². The lowest BCUT2D eigenvalue weighted by Gasteiger charge is -2.19. The average Bonchev–Trinajstić information content (AvgIpc) is 2.29. The van der Waals surface area contributed by atoms with E-state index in [1.54, 1.807) is 14.0 Å². The molecule has 6 heteroatoms. The molecule has 1 aromatic rings. The van der Waals surface area contributed by atoms with E-state index in [0.29, 0.717) is 18.7 Å². The van der Waals surface area contributed by atoms with E-state index in [1.807, 2.05) is 0 Å². The van der Waals surface area contributed by atoms with Gasteiger partial charge in [-0.3, -0.25) is 0 Å². The van der Waals surface area contributed by atoms with Crippen molar-refractivity contribution >= 4 is 23.3 Å². The predicted octanol–water partition coefficient (Wildman–Crippen LogP) is 2.71. The minimum Gasteiger partial charge on any atom is -0.393 e. The Hall–Kier alpha value is -1.33. The molecule has 0 heterocycles. The fraction of sp³-hybridized carbons (Fsp3) is 0.417. The molecule has 1 aromatic carbocycles. The number of nitrogens with zero attached hydrogens (tertiary/aromatic N) is 1. The summed E-state index contributed by atoms with van der Waals surface area (Å²) >= 11 is 5.79. The summed E-state index contributed by atoms with van der Waals surface area (Å²) in [7, 11) is 1.61. The summed E-state index contributed by atoms with van der Waals surface area (Å²) in [6, 6.07) is 3.40. The first kappa shape index (κ1) is 14.7. The van der Waals surface area contributed by atoms with Gasteiger partial charge in [-0.1, -0.05) is 11.6 Å². The van der Waals surface area contributed by atoms with Gasteiger partial charge in [0.2, 0.25) is 0 Å². The second kappa shape index (κ2) is 6.56. The number of nitrogens with one attached hydrogen (secondary N) is 1. The van der Waals surface area contributed by atoms with Crippen LogP contribution >= 0.6 is 11.6 Å². The van der Waals surface area contributed by atoms with E-state index in [2.05, 4.69) is 5.32 Å². The quantitative estimate of drug-likeness (QED) is 0.887. The van der Waals surface area contributed by atoms with Crippen LogP contribution in [-0.4, -0.2) is 35.7 Å². The Morgan fingerprint density at radius 2 is 2.28 bits per heavy atom. The first-order valence-electron chi connectivity index (χ1n) is 5.55. The molecule has 100 valence electrons. The lowest BCUT2D eigenvalue weighted by Crippen LogP contribution is -2.33. The third-order valence-corrected chi connectivity index (χ3v) is 2.71. The molecule has 0 radical (unpaired) electrons. The van der Waals surface area contributed by atoms with E-state index >= 15 is 0 Å². The fourth-order valence-corrected chi connectivity index (χ4v) is 1.50. The largest absolute Gasteiger partial charge is 0.393 e. The number of urea groups is 1. The van der Waals surface area contributed by atoms with Crippen molar-refractivity contribution in [1.82, 2.24) is 4.90 Å². The minimum absolute atomic E-state index is 0.146. The molecule has 1 atom stereocenters. The van der Waals surface area contributed by atoms with Crippen molar-refractivity contribution in [2.24, 2.45) is 0 Å². The maximum Gasteiger partial charge on any atom is 0.321 e. The number of hydrogen-bond donors (Lipinski definition) is 2. The Morgan fingerprint density at radius 3 is 2.83 bits per heavy atom. The predicted molar refractivity (Wildman–Crippen MR) is 69.4 cm³/mol. The zero-order valence-corrected chi connectivity index (χ0v) is 11.0. The molecular formula is C12H16ClFN2O2. The number of carbonyl (C=O) groups excluding carboxylic acids is 1. The highest BCUT2D eigenvalue weighted by atomic mass is 35.5. The van der Waals surface area contributed by atoms with Crippen LogP contribution in [0.4, 0.5) is 14.9 Å². The van der Waals surface area contributed by atoms with Crippen LogP contribution in [0.2, 0.25) is 5.02 Å². The number of rotatable bonds is 4. The Bertz CT molecular complexity index is 427. The van der Waals surface area contributed by atoms with Crippen molar-refractivity contribution in [2.45, 2.75) is 19.4 Å². The molecule has 0 aliphatic carbocycles. The van der Waals surface area contributed by atoms with Crippen molar-refractivity contribution in [3.05, 3.63) is 29.0 Å². The standard InChI is InChI=1S/C12H16ClFN2O2/c1-8(17)5-6-16(2)12(18)15-11-4-3-9(14)7-10(11)13/h3-4,7-8,17H,5-6H2,1-2H3,(H,15,18). The van der Waals surface area contributed by atoms with Crippen molar-refractivity contribution in [2.75, 3.05) is 18.9 Å². The monoisotopic (exact) mass is 274 g/mol. The van der Waals surface area contributed by atoms with E-state index in [0.717, 1.165) is 6.07 Å². The number of halogens is 2. The third kappa shape index (κ3) is 4.50. The maximum absolute atomic E-state index is 12.8. The number of hydrogen-bond acceptors (Lipinski definition) is 2. The molecule has 0 spiro atoms. The Morgan fingerprint density at radius 1 is 1.61 bits per heavy atom. The van der Waals surface area contributed by atoms with Crippen molar-refractivity contribution in [3.8, 4) is 0 Å². The normalized spacial score (nSPS) is 12.1. The number of aliphatic hydroxyl groups excluding tert-OH is 1. The summed E-state index contributed by atoms with van der Waals surface area (Å²) in [5.41, 5.74) is 0.354. The van der Waals surface area contributed by atoms with Gasteiger partial charge in [-0.25, -0.2) is 9.18 Å². The molecule has 0 aliphatic heterocycles. The highest BCUT2D eigenvalue weighted by Gasteiger charge is 2.11. The molecule has 2 amide bonds. The van der Waals surface area contributed by atoms with Gasteiger partial charge >= 0.3 is 6.03 Å². The summed E-state index contributed by atoms with van der Waals surface area (Å²) in [5, 5.41) is 11.8. The summed E-state index contributed by atoms with van der Waals surface area (Å²) in [6.45, 7) is 2.07. The SMILES string of the molecule is CC(O)CCN(C)C(=O)Nc1ccc(F)cc1Cl. The summed E-state index contributed by atoms with van der Waals surface area (Å²) < 4.78 is 12.8. The number of aliphatic hydroxyl groups is 1. The van der Waals surface area contributed by atoms with Crippen LogP contribution in [-0.2, 0) is 0 Å². The second-order valence-corrected chi connectivity index (χ2v) is 4.52. The molecule has 18 heavy (non-hydrogen) atoms. The minimum atomic E-state index is -0.463. The summed E-state index contributed by atoms with van der Waals surface area (Å²) in [6.07, 6.45) is 0.0239. The van der Waals surface area contributed by atoms with Gasteiger partial charge in [-0.2, -0.15) is 0 Å². The van der Waals surface area contributed by atoms with Gasteiger partial charge in [-0.15, -0.1) is 0 Å². The lowest BCUT2D eigenvalue weighted by molar-refractivity contribution is 0.167. The molecule has 1 unspecified atom stereocenters. The molecule has 0 bridgehead atoms. The van der Waals surface area contributed by atoms with Crippen molar-refractivity contribution in [1.29, 1.82) is 0 Å². The van der Waals surface area contributed by atoms with Crippen molar-refractivity contribution < 1.29 is 14.3 Å². The lowest BCUT2D eigenvalue weighted by atomic mass is 10.3. The maximum atomic E-state index is 12.8. The molecular weight excluding hydrogens is 259 g/mol. The second-order valence-electron chi connectivity index (χ2n) is 4.11. The number of benzene rings is 1. The summed E-state index contributed by atoms with van der Waals surface area (Å²) in [5.74, 6) is -0.458. The molecule has 1 rings (SSSR count). The average molecular weight is 275 g/mol. The van der Waals surface area contributed by atoms with Gasteiger partial charge in [-0.05, 0) is 31.5 Å². The highest BCUT2D eigenvalue weighted by molar-refractivity contribution is 6.33. The van der Waals surface area contributed by atoms with Gasteiger partial charge in [0, 0.05) is 13.6 Å². The van der Waals surface area contributed by atoms with Crippen LogP contribution in [0, 0.1) is 5.82 Å². The molecule has 0 saturated carbocycles. The third-order valence-electron chi connectivity index (χ3n) is 2.40.